The Hall–Kier alpha value is -2.77. The lowest BCUT2D eigenvalue weighted by Crippen LogP contribution is -2.29. The third-order valence-electron chi connectivity index (χ3n) is 7.47. The van der Waals surface area contributed by atoms with Crippen molar-refractivity contribution >= 4 is 19.8 Å². The number of carbonyl (C=O) groups is 2. The summed E-state index contributed by atoms with van der Waals surface area (Å²) in [5.74, 6) is -0.935. The maximum Gasteiger partial charge on any atom is 0.469 e. The van der Waals surface area contributed by atoms with Crippen molar-refractivity contribution in [3.05, 3.63) is 85.1 Å². The largest absolute Gasteiger partial charge is 0.469 e. The van der Waals surface area contributed by atoms with Gasteiger partial charge in [-0.15, -0.1) is 0 Å². The van der Waals surface area contributed by atoms with Crippen LogP contribution in [0.15, 0.2) is 85.1 Å². The van der Waals surface area contributed by atoms with Crippen molar-refractivity contribution in [2.45, 2.75) is 148 Å². The van der Waals surface area contributed by atoms with Gasteiger partial charge in [0.15, 0.2) is 6.10 Å². The highest BCUT2D eigenvalue weighted by Crippen LogP contribution is 2.36. The molecule has 2 N–H and O–H groups in total. The van der Waals surface area contributed by atoms with Crippen molar-refractivity contribution in [1.82, 2.24) is 0 Å². The van der Waals surface area contributed by atoms with Crippen LogP contribution in [0.1, 0.15) is 142 Å². The lowest BCUT2D eigenvalue weighted by Gasteiger charge is -2.18. The Kier molecular flexibility index (Phi) is 34.0. The van der Waals surface area contributed by atoms with Gasteiger partial charge in [-0.25, -0.2) is 4.57 Å². The molecule has 0 saturated carbocycles. The molecular weight excluding hydrogens is 651 g/mol. The van der Waals surface area contributed by atoms with E-state index in [0.29, 0.717) is 12.8 Å². The third kappa shape index (κ3) is 38.0. The van der Waals surface area contributed by atoms with Crippen LogP contribution < -0.4 is 0 Å². The minimum atomic E-state index is -4.76. The van der Waals surface area contributed by atoms with Crippen LogP contribution in [0.4, 0.5) is 0 Å². The zero-order valence-corrected chi connectivity index (χ0v) is 31.9. The molecule has 0 radical (unpaired) electrons. The smallest absolute Gasteiger partial charge is 0.462 e. The fraction of sp³-hybridized carbons (Fsp3) is 0.610. The van der Waals surface area contributed by atoms with Crippen LogP contribution in [0.3, 0.4) is 0 Å². The van der Waals surface area contributed by atoms with Crippen LogP contribution in [0.25, 0.3) is 0 Å². The lowest BCUT2D eigenvalue weighted by molar-refractivity contribution is -0.161. The first-order valence-corrected chi connectivity index (χ1v) is 20.4. The summed E-state index contributed by atoms with van der Waals surface area (Å²) in [4.78, 5) is 42.7. The van der Waals surface area contributed by atoms with Crippen molar-refractivity contribution in [3.63, 3.8) is 0 Å². The summed E-state index contributed by atoms with van der Waals surface area (Å²) < 4.78 is 26.3. The van der Waals surface area contributed by atoms with Gasteiger partial charge in [-0.2, -0.15) is 0 Å². The highest BCUT2D eigenvalue weighted by Gasteiger charge is 2.22. The second-order valence-corrected chi connectivity index (χ2v) is 13.4. The zero-order chi connectivity index (χ0) is 36.8. The van der Waals surface area contributed by atoms with E-state index in [-0.39, 0.29) is 19.4 Å². The van der Waals surface area contributed by atoms with Crippen molar-refractivity contribution in [2.24, 2.45) is 0 Å². The predicted molar refractivity (Wildman–Crippen MR) is 207 cm³/mol. The molecule has 50 heavy (non-hydrogen) atoms. The first-order valence-electron chi connectivity index (χ1n) is 18.9. The molecule has 0 heterocycles. The summed E-state index contributed by atoms with van der Waals surface area (Å²) >= 11 is 0. The first-order chi connectivity index (χ1) is 24.3. The molecule has 284 valence electrons. The van der Waals surface area contributed by atoms with Gasteiger partial charge in [-0.3, -0.25) is 14.1 Å². The maximum absolute atomic E-state index is 12.3. The number of esters is 2. The van der Waals surface area contributed by atoms with Gasteiger partial charge >= 0.3 is 19.8 Å². The second-order valence-electron chi connectivity index (χ2n) is 12.2. The Morgan fingerprint density at radius 1 is 0.540 bits per heavy atom. The molecule has 0 aromatic heterocycles. The third-order valence-corrected chi connectivity index (χ3v) is 7.96. The molecule has 0 aliphatic heterocycles. The van der Waals surface area contributed by atoms with Gasteiger partial charge in [0, 0.05) is 12.8 Å². The van der Waals surface area contributed by atoms with Gasteiger partial charge in [0.2, 0.25) is 0 Å². The number of allylic oxidation sites excluding steroid dienone is 14. The molecule has 0 fully saturated rings. The monoisotopic (exact) mass is 718 g/mol. The number of carbonyl (C=O) groups excluding carboxylic acids is 2. The van der Waals surface area contributed by atoms with Crippen LogP contribution in [0.5, 0.6) is 0 Å². The summed E-state index contributed by atoms with van der Waals surface area (Å²) in [7, 11) is -4.76. The normalized spacial score (nSPS) is 13.4. The molecule has 1 unspecified atom stereocenters. The second kappa shape index (κ2) is 36.0. The fourth-order valence-corrected chi connectivity index (χ4v) is 5.08. The van der Waals surface area contributed by atoms with Gasteiger partial charge in [0.25, 0.3) is 0 Å². The van der Waals surface area contributed by atoms with Crippen molar-refractivity contribution in [2.75, 3.05) is 13.2 Å². The summed E-state index contributed by atoms with van der Waals surface area (Å²) in [6.07, 6.45) is 47.3. The molecule has 1 atom stereocenters. The molecule has 0 rings (SSSR count). The van der Waals surface area contributed by atoms with E-state index >= 15 is 0 Å². The molecule has 0 aromatic rings. The molecule has 0 aliphatic rings. The van der Waals surface area contributed by atoms with Crippen LogP contribution in [-0.4, -0.2) is 41.0 Å². The number of unbranched alkanes of at least 4 members (excludes halogenated alkanes) is 11. The fourth-order valence-electron chi connectivity index (χ4n) is 4.72. The van der Waals surface area contributed by atoms with Crippen LogP contribution in [-0.2, 0) is 28.2 Å². The van der Waals surface area contributed by atoms with E-state index < -0.39 is 32.5 Å². The highest BCUT2D eigenvalue weighted by molar-refractivity contribution is 7.46. The number of ether oxygens (including phenoxy) is 2. The molecule has 0 amide bonds. The summed E-state index contributed by atoms with van der Waals surface area (Å²) in [6, 6.07) is 0. The molecule has 0 saturated heterocycles. The zero-order valence-electron chi connectivity index (χ0n) is 31.0. The standard InChI is InChI=1S/C41H67O8P/c1-3-5-7-9-11-13-15-17-18-19-20-21-22-24-25-27-29-31-33-35-40(42)47-37-39(38-48-50(44,45)46)49-41(43)36-34-32-30-28-26-23-16-14-12-10-8-6-4-2/h5-8,10-14,16-18,20-21,39H,3-4,9,15,19,22-38H2,1-2H3,(H2,44,45,46)/b7-5+,8-6+,12-10+,13-11+,16-14+,18-17+,21-20+. The van der Waals surface area contributed by atoms with Gasteiger partial charge in [-0.05, 0) is 70.6 Å². The number of phosphoric acid groups is 1. The average molecular weight is 719 g/mol. The number of rotatable bonds is 33. The lowest BCUT2D eigenvalue weighted by atomic mass is 10.1. The Morgan fingerprint density at radius 2 is 1.00 bits per heavy atom. The van der Waals surface area contributed by atoms with Gasteiger partial charge in [0.05, 0.1) is 6.61 Å². The molecule has 8 nitrogen and oxygen atoms in total. The molecule has 0 aromatic carbocycles. The number of hydrogen-bond acceptors (Lipinski definition) is 6. The van der Waals surface area contributed by atoms with E-state index in [1.807, 2.05) is 18.2 Å². The molecule has 0 aliphatic carbocycles. The van der Waals surface area contributed by atoms with Crippen LogP contribution in [0, 0.1) is 0 Å². The average Bonchev–Trinajstić information content (AvgIpc) is 3.08. The Balaban J connectivity index is 4.02. The Morgan fingerprint density at radius 3 is 1.56 bits per heavy atom. The predicted octanol–water partition coefficient (Wildman–Crippen LogP) is 11.3. The van der Waals surface area contributed by atoms with E-state index in [4.69, 9.17) is 19.3 Å². The van der Waals surface area contributed by atoms with Gasteiger partial charge in [0.1, 0.15) is 6.61 Å². The van der Waals surface area contributed by atoms with Crippen LogP contribution >= 0.6 is 7.82 Å². The van der Waals surface area contributed by atoms with E-state index in [2.05, 4.69) is 85.2 Å². The molecular formula is C41H67O8P. The first kappa shape index (κ1) is 47.2. The van der Waals surface area contributed by atoms with Crippen molar-refractivity contribution in [3.8, 4) is 0 Å². The summed E-state index contributed by atoms with van der Waals surface area (Å²) in [6.45, 7) is 3.38. The van der Waals surface area contributed by atoms with Crippen molar-refractivity contribution in [1.29, 1.82) is 0 Å². The highest BCUT2D eigenvalue weighted by atomic mass is 31.2. The molecule has 0 spiro atoms. The quantitative estimate of drug-likeness (QED) is 0.0226. The summed E-state index contributed by atoms with van der Waals surface area (Å²) in [5, 5.41) is 0. The molecule has 9 heteroatoms. The number of phosphoric ester groups is 1. The van der Waals surface area contributed by atoms with E-state index in [1.54, 1.807) is 0 Å². The van der Waals surface area contributed by atoms with E-state index in [9.17, 15) is 14.2 Å². The minimum absolute atomic E-state index is 0.180. The van der Waals surface area contributed by atoms with Crippen molar-refractivity contribution < 1.29 is 37.9 Å². The van der Waals surface area contributed by atoms with Crippen LogP contribution in [0.2, 0.25) is 0 Å². The topological polar surface area (TPSA) is 119 Å². The van der Waals surface area contributed by atoms with E-state index in [0.717, 1.165) is 103 Å². The maximum atomic E-state index is 12.3. The number of hydrogen-bond donors (Lipinski definition) is 2. The minimum Gasteiger partial charge on any atom is -0.462 e. The Labute approximate surface area is 303 Å². The van der Waals surface area contributed by atoms with Gasteiger partial charge < -0.3 is 19.3 Å². The van der Waals surface area contributed by atoms with Gasteiger partial charge in [-0.1, -0.05) is 144 Å². The summed E-state index contributed by atoms with van der Waals surface area (Å²) in [5.41, 5.74) is 0. The van der Waals surface area contributed by atoms with E-state index in [1.165, 1.54) is 0 Å². The Bertz CT molecular complexity index is 1080. The molecule has 0 bridgehead atoms. The SMILES string of the molecule is CC/C=C/C=C/C=C/CCCCCCCC(=O)OC(COC(=O)CCCCCCCC/C=C/C/C=C/C/C=C/C/C=C/CC)COP(=O)(O)O.